The van der Waals surface area contributed by atoms with Crippen LogP contribution in [0.3, 0.4) is 0 Å². The molecular formula is CuFePbSnZn. The normalized spacial score (nSPS) is 0. The molecule has 0 aliphatic rings. The van der Waals surface area contributed by atoms with Crippen molar-refractivity contribution < 1.29 is 53.6 Å². The summed E-state index contributed by atoms with van der Waals surface area (Å²) < 4.78 is 0. The molecule has 0 nitrogen and oxygen atoms in total. The minimum absolute atomic E-state index is 0. The summed E-state index contributed by atoms with van der Waals surface area (Å²) in [6, 6.07) is 0. The summed E-state index contributed by atoms with van der Waals surface area (Å²) in [4.78, 5) is 0. The van der Waals surface area contributed by atoms with Gasteiger partial charge in [0, 0.05) is 105 Å². The molecule has 0 N–H and O–H groups in total. The van der Waals surface area contributed by atoms with Gasteiger partial charge in [0.25, 0.3) is 0 Å². The van der Waals surface area contributed by atoms with E-state index in [2.05, 4.69) is 0 Å². The van der Waals surface area contributed by atoms with E-state index in [1.807, 2.05) is 0 Å². The molecule has 0 atom stereocenters. The van der Waals surface area contributed by atoms with Crippen molar-refractivity contribution in [1.82, 2.24) is 0 Å². The van der Waals surface area contributed by atoms with Crippen molar-refractivity contribution in [2.45, 2.75) is 0 Å². The Kier molecular flexibility index (Phi) is 210. The van der Waals surface area contributed by atoms with Crippen molar-refractivity contribution in [2.24, 2.45) is 0 Å². The Labute approximate surface area is 103 Å². The zero-order chi connectivity index (χ0) is 0. The van der Waals surface area contributed by atoms with E-state index < -0.39 is 0 Å². The Morgan fingerprint density at radius 3 is 1.00 bits per heavy atom. The molecule has 29 valence electrons. The van der Waals surface area contributed by atoms with Gasteiger partial charge in [0.15, 0.2) is 0 Å². The van der Waals surface area contributed by atoms with Gasteiger partial charge in [-0.15, -0.1) is 0 Å². The van der Waals surface area contributed by atoms with Crippen molar-refractivity contribution in [2.75, 3.05) is 0 Å². The summed E-state index contributed by atoms with van der Waals surface area (Å²) in [5.41, 5.74) is 0. The fourth-order valence-corrected chi connectivity index (χ4v) is 0. The number of hydrogen-bond acceptors (Lipinski definition) is 0. The summed E-state index contributed by atoms with van der Waals surface area (Å²) in [5.74, 6) is 0. The monoisotopic (exact) mass is 511 g/mol. The molecule has 0 bridgehead atoms. The molecule has 0 aromatic carbocycles. The van der Waals surface area contributed by atoms with Crippen molar-refractivity contribution >= 4 is 51.2 Å². The van der Waals surface area contributed by atoms with Crippen molar-refractivity contribution in [3.63, 3.8) is 0 Å². The Bertz CT molecular complexity index is 11.6. The van der Waals surface area contributed by atoms with E-state index in [9.17, 15) is 0 Å². The first-order valence-electron chi connectivity index (χ1n) is 0. The van der Waals surface area contributed by atoms with Crippen molar-refractivity contribution in [3.8, 4) is 0 Å². The zero-order valence-electron chi connectivity index (χ0n) is 2.36. The molecule has 0 rings (SSSR count). The zero-order valence-corrected chi connectivity index (χ0v) is 14.1. The molecule has 0 fully saturated rings. The molecule has 0 unspecified atom stereocenters. The maximum absolute atomic E-state index is 0. The van der Waals surface area contributed by atoms with Crippen molar-refractivity contribution in [3.05, 3.63) is 0 Å². The van der Waals surface area contributed by atoms with E-state index in [0.29, 0.717) is 0 Å². The van der Waals surface area contributed by atoms with Crippen LogP contribution in [0.25, 0.3) is 0 Å². The second-order valence-electron chi connectivity index (χ2n) is 0. The van der Waals surface area contributed by atoms with Gasteiger partial charge in [0.1, 0.15) is 0 Å². The average molecular weight is 511 g/mol. The number of rotatable bonds is 0. The minimum atomic E-state index is 0. The topological polar surface area (TPSA) is 0 Å². The van der Waals surface area contributed by atoms with Gasteiger partial charge in [-0.1, -0.05) is 0 Å². The molecule has 0 aliphatic heterocycles. The van der Waals surface area contributed by atoms with E-state index >= 15 is 0 Å². The molecule has 9 radical (unpaired) electrons. The average Bonchev–Trinajstić information content (AvgIpc) is 0. The van der Waals surface area contributed by atoms with Crippen LogP contribution >= 0.6 is 0 Å². The van der Waals surface area contributed by atoms with Crippen LogP contribution in [-0.4, -0.2) is 51.2 Å². The molecule has 5 heavy (non-hydrogen) atoms. The fourth-order valence-electron chi connectivity index (χ4n) is 0. The van der Waals surface area contributed by atoms with Crippen LogP contribution in [0.5, 0.6) is 0 Å². The second-order valence-corrected chi connectivity index (χ2v) is 0. The third-order valence-electron chi connectivity index (χ3n) is 0. The molecule has 0 aromatic heterocycles. The Balaban J connectivity index is 0. The summed E-state index contributed by atoms with van der Waals surface area (Å²) >= 11 is 0. The van der Waals surface area contributed by atoms with Gasteiger partial charge >= 0.3 is 0 Å². The van der Waals surface area contributed by atoms with Gasteiger partial charge in [-0.25, -0.2) is 0 Å². The minimum Gasteiger partial charge on any atom is 0 e. The van der Waals surface area contributed by atoms with Gasteiger partial charge < -0.3 is 0 Å². The largest absolute Gasteiger partial charge is 0 e. The standard InChI is InChI=1S/Cu.Fe.Pb.Sn.Zn. The summed E-state index contributed by atoms with van der Waals surface area (Å²) in [5, 5.41) is 0. The molecular weight excluding hydrogens is 511 g/mol. The van der Waals surface area contributed by atoms with Crippen LogP contribution in [0, 0.1) is 0 Å². The van der Waals surface area contributed by atoms with Crippen molar-refractivity contribution in [1.29, 1.82) is 0 Å². The first-order chi connectivity index (χ1) is 0. The summed E-state index contributed by atoms with van der Waals surface area (Å²) in [6.45, 7) is 0. The predicted octanol–water partition coefficient (Wildman–Crippen LogP) is -0.769. The second kappa shape index (κ2) is 26.3. The molecule has 0 saturated heterocycles. The van der Waals surface area contributed by atoms with Crippen LogP contribution in [0.1, 0.15) is 0 Å². The molecule has 0 spiro atoms. The summed E-state index contributed by atoms with van der Waals surface area (Å²) in [6.07, 6.45) is 0. The molecule has 0 aliphatic carbocycles. The molecule has 5 heteroatoms. The van der Waals surface area contributed by atoms with Crippen LogP contribution in [-0.2, 0) is 53.6 Å². The Morgan fingerprint density at radius 2 is 1.00 bits per heavy atom. The maximum Gasteiger partial charge on any atom is 0 e. The molecule has 0 saturated carbocycles. The smallest absolute Gasteiger partial charge is 0 e. The third-order valence-corrected chi connectivity index (χ3v) is 0. The molecule has 0 heterocycles. The first-order valence-corrected chi connectivity index (χ1v) is 0. The van der Waals surface area contributed by atoms with Gasteiger partial charge in [-0.2, -0.15) is 0 Å². The summed E-state index contributed by atoms with van der Waals surface area (Å²) in [7, 11) is 0. The van der Waals surface area contributed by atoms with Gasteiger partial charge in [-0.05, 0) is 0 Å². The van der Waals surface area contributed by atoms with Crippen LogP contribution in [0.4, 0.5) is 0 Å². The fraction of sp³-hybridized carbons (Fsp3) is 0. The van der Waals surface area contributed by atoms with E-state index in [4.69, 9.17) is 0 Å². The maximum atomic E-state index is 0. The van der Waals surface area contributed by atoms with E-state index in [1.54, 1.807) is 0 Å². The SMILES string of the molecule is [Cu].[Fe].[Pb].[Sn].[Zn]. The van der Waals surface area contributed by atoms with E-state index in [0.717, 1.165) is 0 Å². The van der Waals surface area contributed by atoms with Gasteiger partial charge in [0.2, 0.25) is 0 Å². The quantitative estimate of drug-likeness (QED) is 0.376. The number of hydrogen-bond donors (Lipinski definition) is 0. The van der Waals surface area contributed by atoms with Gasteiger partial charge in [-0.3, -0.25) is 0 Å². The Hall–Kier alpha value is 3.38. The third kappa shape index (κ3) is 18.7. The Morgan fingerprint density at radius 1 is 1.00 bits per heavy atom. The van der Waals surface area contributed by atoms with E-state index in [-0.39, 0.29) is 105 Å². The van der Waals surface area contributed by atoms with Crippen LogP contribution < -0.4 is 0 Å². The first kappa shape index (κ1) is 39.9. The predicted molar refractivity (Wildman–Crippen MR) is 11.5 cm³/mol. The van der Waals surface area contributed by atoms with Gasteiger partial charge in [0.05, 0.1) is 0 Å². The van der Waals surface area contributed by atoms with E-state index in [1.165, 1.54) is 0 Å². The molecule has 0 amide bonds. The van der Waals surface area contributed by atoms with Crippen LogP contribution in [0.2, 0.25) is 0 Å². The van der Waals surface area contributed by atoms with Crippen LogP contribution in [0.15, 0.2) is 0 Å². The molecule has 0 aromatic rings.